The van der Waals surface area contributed by atoms with E-state index in [0.717, 1.165) is 17.3 Å². The average Bonchev–Trinajstić information content (AvgIpc) is 3.39. The second-order valence-electron chi connectivity index (χ2n) is 6.35. The third-order valence-electron chi connectivity index (χ3n) is 4.20. The molecule has 1 fully saturated rings. The van der Waals surface area contributed by atoms with Crippen molar-refractivity contribution >= 4 is 40.8 Å². The monoisotopic (exact) mass is 433 g/mol. The molecule has 1 saturated heterocycles. The van der Waals surface area contributed by atoms with Gasteiger partial charge in [-0.1, -0.05) is 18.2 Å². The van der Waals surface area contributed by atoms with Gasteiger partial charge in [0.1, 0.15) is 5.76 Å². The summed E-state index contributed by atoms with van der Waals surface area (Å²) in [7, 11) is 0. The summed E-state index contributed by atoms with van der Waals surface area (Å²) in [6.45, 7) is 0.187. The summed E-state index contributed by atoms with van der Waals surface area (Å²) < 4.78 is 5.36. The lowest BCUT2D eigenvalue weighted by molar-refractivity contribution is -0.384. The number of rotatable bonds is 6. The summed E-state index contributed by atoms with van der Waals surface area (Å²) >= 11 is 1.14. The van der Waals surface area contributed by atoms with Gasteiger partial charge in [-0.3, -0.25) is 24.8 Å². The highest BCUT2D eigenvalue weighted by Gasteiger charge is 2.34. The molecule has 0 bridgehead atoms. The van der Waals surface area contributed by atoms with Gasteiger partial charge >= 0.3 is 0 Å². The minimum atomic E-state index is -0.477. The minimum absolute atomic E-state index is 0.0489. The summed E-state index contributed by atoms with van der Waals surface area (Å²) in [6, 6.07) is 13.2. The molecule has 3 aromatic rings. The molecule has 4 rings (SSSR count). The Hall–Kier alpha value is -4.05. The molecule has 1 aliphatic heterocycles. The lowest BCUT2D eigenvalue weighted by Crippen LogP contribution is -2.28. The van der Waals surface area contributed by atoms with Crippen LogP contribution in [0.25, 0.3) is 6.08 Å². The number of nitro benzene ring substituents is 1. The normalized spacial score (nSPS) is 16.6. The zero-order valence-electron chi connectivity index (χ0n) is 16.0. The average molecular weight is 433 g/mol. The van der Waals surface area contributed by atoms with Gasteiger partial charge in [0.05, 0.1) is 28.9 Å². The van der Waals surface area contributed by atoms with Crippen LogP contribution in [0, 0.1) is 10.1 Å². The first kappa shape index (κ1) is 20.2. The number of thioether (sulfide) groups is 1. The fourth-order valence-electron chi connectivity index (χ4n) is 2.76. The van der Waals surface area contributed by atoms with Crippen LogP contribution in [-0.2, 0) is 11.3 Å². The molecule has 1 aliphatic rings. The number of amidine groups is 1. The Morgan fingerprint density at radius 2 is 2.06 bits per heavy atom. The van der Waals surface area contributed by atoms with Gasteiger partial charge in [0.15, 0.2) is 5.17 Å². The number of amides is 1. The Kier molecular flexibility index (Phi) is 5.99. The van der Waals surface area contributed by atoms with E-state index in [-0.39, 0.29) is 18.1 Å². The molecule has 0 spiro atoms. The zero-order chi connectivity index (χ0) is 21.6. The van der Waals surface area contributed by atoms with Crippen molar-refractivity contribution in [2.45, 2.75) is 6.54 Å². The Morgan fingerprint density at radius 1 is 1.19 bits per heavy atom. The van der Waals surface area contributed by atoms with E-state index in [1.807, 2.05) is 6.07 Å². The van der Waals surface area contributed by atoms with Crippen molar-refractivity contribution in [2.75, 3.05) is 0 Å². The Bertz CT molecular complexity index is 1190. The van der Waals surface area contributed by atoms with Gasteiger partial charge in [0, 0.05) is 30.1 Å². The van der Waals surface area contributed by atoms with Gasteiger partial charge in [0.25, 0.3) is 11.6 Å². The van der Waals surface area contributed by atoms with Crippen LogP contribution in [0.2, 0.25) is 0 Å². The van der Waals surface area contributed by atoms with Gasteiger partial charge < -0.3 is 4.42 Å². The smallest absolute Gasteiger partial charge is 0.270 e. The molecular formula is C21H15N5O4S. The third kappa shape index (κ3) is 4.93. The highest BCUT2D eigenvalue weighted by atomic mass is 32.2. The van der Waals surface area contributed by atoms with Gasteiger partial charge in [0.2, 0.25) is 0 Å². The molecule has 0 atom stereocenters. The van der Waals surface area contributed by atoms with Crippen molar-refractivity contribution in [1.29, 1.82) is 0 Å². The van der Waals surface area contributed by atoms with Crippen molar-refractivity contribution in [3.8, 4) is 0 Å². The predicted octanol–water partition coefficient (Wildman–Crippen LogP) is 4.09. The van der Waals surface area contributed by atoms with E-state index < -0.39 is 4.92 Å². The third-order valence-corrected chi connectivity index (χ3v) is 5.19. The summed E-state index contributed by atoms with van der Waals surface area (Å²) in [6.07, 6.45) is 7.97. The summed E-state index contributed by atoms with van der Waals surface area (Å²) in [5.74, 6) is 0.303. The molecule has 9 nitrogen and oxygen atoms in total. The molecule has 0 radical (unpaired) electrons. The molecule has 0 aliphatic carbocycles. The molecule has 10 heteroatoms. The molecule has 0 unspecified atom stereocenters. The second-order valence-corrected chi connectivity index (χ2v) is 7.36. The van der Waals surface area contributed by atoms with Gasteiger partial charge in [-0.05, 0) is 41.6 Å². The Morgan fingerprint density at radius 3 is 2.81 bits per heavy atom. The summed E-state index contributed by atoms with van der Waals surface area (Å²) in [5.41, 5.74) is 1.27. The number of carbonyl (C=O) groups is 1. The number of nitrogens with zero attached hydrogens (tertiary/aromatic N) is 5. The number of hydrogen-bond donors (Lipinski definition) is 0. The number of non-ortho nitro benzene ring substituents is 1. The highest BCUT2D eigenvalue weighted by Crippen LogP contribution is 2.34. The maximum atomic E-state index is 13.0. The van der Waals surface area contributed by atoms with Gasteiger partial charge in [-0.15, -0.1) is 5.10 Å². The number of carbonyl (C=O) groups excluding carboxylic acids is 1. The Balaban J connectivity index is 1.63. The van der Waals surface area contributed by atoms with E-state index in [0.29, 0.717) is 21.4 Å². The zero-order valence-corrected chi connectivity index (χ0v) is 16.8. The molecule has 0 saturated carbocycles. The van der Waals surface area contributed by atoms with E-state index in [1.165, 1.54) is 23.3 Å². The van der Waals surface area contributed by atoms with Crippen molar-refractivity contribution in [3.05, 3.63) is 99.1 Å². The molecule has 31 heavy (non-hydrogen) atoms. The van der Waals surface area contributed by atoms with Crippen LogP contribution in [-0.4, -0.2) is 32.1 Å². The molecule has 3 heterocycles. The lowest BCUT2D eigenvalue weighted by atomic mass is 10.2. The van der Waals surface area contributed by atoms with E-state index in [1.54, 1.807) is 55.0 Å². The predicted molar refractivity (Wildman–Crippen MR) is 117 cm³/mol. The SMILES string of the molecule is O=C1/C(=C/c2cccc([N+](=O)[O-])c2)S/C(=N\N=C\c2cccnc2)N1Cc1ccco1. The number of aromatic nitrogens is 1. The molecule has 1 amide bonds. The van der Waals surface area contributed by atoms with Crippen LogP contribution in [0.3, 0.4) is 0 Å². The Labute approximate surface area is 181 Å². The number of nitro groups is 1. The van der Waals surface area contributed by atoms with E-state index in [9.17, 15) is 14.9 Å². The topological polar surface area (TPSA) is 114 Å². The first-order chi connectivity index (χ1) is 15.1. The molecule has 0 N–H and O–H groups in total. The lowest BCUT2D eigenvalue weighted by Gasteiger charge is -2.12. The van der Waals surface area contributed by atoms with E-state index in [4.69, 9.17) is 4.42 Å². The van der Waals surface area contributed by atoms with Gasteiger partial charge in [-0.25, -0.2) is 0 Å². The first-order valence-corrected chi connectivity index (χ1v) is 9.91. The standard InChI is InChI=1S/C21H15N5O4S/c27-20-19(11-15-4-1-6-17(10-15)26(28)29)31-21(25(20)14-18-7-3-9-30-18)24-23-13-16-5-2-8-22-12-16/h1-13H,14H2/b19-11-,23-13+,24-21-. The number of furan rings is 1. The minimum Gasteiger partial charge on any atom is -0.467 e. The van der Waals surface area contributed by atoms with Crippen LogP contribution in [0.15, 0.2) is 86.7 Å². The van der Waals surface area contributed by atoms with Crippen molar-refractivity contribution in [1.82, 2.24) is 9.88 Å². The molecule has 154 valence electrons. The van der Waals surface area contributed by atoms with Crippen LogP contribution in [0.5, 0.6) is 0 Å². The molecular weight excluding hydrogens is 418 g/mol. The highest BCUT2D eigenvalue weighted by molar-refractivity contribution is 8.18. The number of hydrogen-bond acceptors (Lipinski definition) is 8. The van der Waals surface area contributed by atoms with Crippen LogP contribution < -0.4 is 0 Å². The molecule has 1 aromatic carbocycles. The maximum absolute atomic E-state index is 13.0. The maximum Gasteiger partial charge on any atom is 0.270 e. The van der Waals surface area contributed by atoms with E-state index >= 15 is 0 Å². The first-order valence-electron chi connectivity index (χ1n) is 9.09. The summed E-state index contributed by atoms with van der Waals surface area (Å²) in [4.78, 5) is 29.4. The van der Waals surface area contributed by atoms with Crippen LogP contribution >= 0.6 is 11.8 Å². The molecule has 2 aromatic heterocycles. The number of benzene rings is 1. The van der Waals surface area contributed by atoms with Gasteiger partial charge in [-0.2, -0.15) is 5.10 Å². The second kappa shape index (κ2) is 9.18. The van der Waals surface area contributed by atoms with Crippen LogP contribution in [0.4, 0.5) is 5.69 Å². The van der Waals surface area contributed by atoms with E-state index in [2.05, 4.69) is 15.2 Å². The number of pyridine rings is 1. The van der Waals surface area contributed by atoms with Crippen LogP contribution in [0.1, 0.15) is 16.9 Å². The quantitative estimate of drug-likeness (QED) is 0.250. The van der Waals surface area contributed by atoms with Crippen molar-refractivity contribution < 1.29 is 14.1 Å². The fraction of sp³-hybridized carbons (Fsp3) is 0.0476. The van der Waals surface area contributed by atoms with Crippen molar-refractivity contribution in [3.63, 3.8) is 0 Å². The largest absolute Gasteiger partial charge is 0.467 e. The fourth-order valence-corrected chi connectivity index (χ4v) is 3.69. The van der Waals surface area contributed by atoms with Crippen molar-refractivity contribution in [2.24, 2.45) is 10.2 Å². The summed E-state index contributed by atoms with van der Waals surface area (Å²) in [5, 5.41) is 19.7.